The number of carbonyl (C=O) groups is 2. The molecule has 1 amide bonds. The summed E-state index contributed by atoms with van der Waals surface area (Å²) >= 11 is 0. The second-order valence-electron chi connectivity index (χ2n) is 9.51. The van der Waals surface area contributed by atoms with Crippen LogP contribution in [0.1, 0.15) is 38.5 Å². The lowest BCUT2D eigenvalue weighted by Gasteiger charge is -2.57. The van der Waals surface area contributed by atoms with Crippen molar-refractivity contribution in [2.45, 2.75) is 50.7 Å². The molecule has 5 unspecified atom stereocenters. The number of aromatic nitrogens is 1. The highest BCUT2D eigenvalue weighted by molar-refractivity contribution is 5.77. The number of esters is 1. The molecular weight excluding hydrogens is 410 g/mol. The van der Waals surface area contributed by atoms with Gasteiger partial charge in [-0.05, 0) is 49.9 Å². The van der Waals surface area contributed by atoms with Crippen LogP contribution in [0.15, 0.2) is 12.3 Å². The lowest BCUT2D eigenvalue weighted by atomic mass is 9.48. The number of carbonyl (C=O) groups excluding carboxylic acids is 2. The molecule has 0 radical (unpaired) electrons. The molecule has 1 aliphatic heterocycles. The molecule has 0 spiro atoms. The first-order chi connectivity index (χ1) is 14.9. The lowest BCUT2D eigenvalue weighted by molar-refractivity contribution is -0.182. The number of methoxy groups -OCH3 is 1. The molecule has 4 bridgehead atoms. The van der Waals surface area contributed by atoms with Gasteiger partial charge in [0.25, 0.3) is 5.88 Å². The van der Waals surface area contributed by atoms with Crippen LogP contribution in [0.25, 0.3) is 0 Å². The fourth-order valence-corrected chi connectivity index (χ4v) is 6.46. The minimum absolute atomic E-state index is 0.127. The van der Waals surface area contributed by atoms with Gasteiger partial charge in [0.1, 0.15) is 18.0 Å². The number of likely N-dealkylation sites (tertiary alicyclic amines) is 1. The van der Waals surface area contributed by atoms with Crippen molar-refractivity contribution in [2.75, 3.05) is 20.2 Å². The minimum atomic E-state index is -0.867. The van der Waals surface area contributed by atoms with Gasteiger partial charge in [0.05, 0.1) is 25.3 Å². The van der Waals surface area contributed by atoms with Crippen molar-refractivity contribution in [3.05, 3.63) is 23.9 Å². The smallest absolute Gasteiger partial charge is 0.410 e. The maximum atomic E-state index is 13.8. The van der Waals surface area contributed by atoms with Crippen molar-refractivity contribution in [2.24, 2.45) is 23.2 Å². The van der Waals surface area contributed by atoms with E-state index in [1.807, 2.05) is 0 Å². The fourth-order valence-electron chi connectivity index (χ4n) is 6.46. The summed E-state index contributed by atoms with van der Waals surface area (Å²) in [5, 5.41) is 0. The van der Waals surface area contributed by atoms with Crippen molar-refractivity contribution < 1.29 is 32.6 Å². The summed E-state index contributed by atoms with van der Waals surface area (Å²) < 4.78 is 43.4. The number of rotatable bonds is 4. The Morgan fingerprint density at radius 3 is 2.61 bits per heavy atom. The minimum Gasteiger partial charge on any atom is -0.470 e. The van der Waals surface area contributed by atoms with Crippen LogP contribution in [-0.2, 0) is 14.3 Å². The third-order valence-corrected chi connectivity index (χ3v) is 7.50. The Morgan fingerprint density at radius 2 is 1.94 bits per heavy atom. The maximum absolute atomic E-state index is 13.8. The predicted molar refractivity (Wildman–Crippen MR) is 103 cm³/mol. The van der Waals surface area contributed by atoms with Gasteiger partial charge in [-0.15, -0.1) is 0 Å². The van der Waals surface area contributed by atoms with Crippen LogP contribution in [-0.4, -0.2) is 54.4 Å². The number of nitrogens with zero attached hydrogens (tertiary/aromatic N) is 2. The molecule has 6 atom stereocenters. The molecule has 4 aliphatic carbocycles. The number of hydrogen-bond donors (Lipinski definition) is 0. The second kappa shape index (κ2) is 7.60. The van der Waals surface area contributed by atoms with Crippen molar-refractivity contribution in [3.63, 3.8) is 0 Å². The number of ether oxygens (including phenoxy) is 3. The van der Waals surface area contributed by atoms with Crippen molar-refractivity contribution in [3.8, 4) is 5.88 Å². The molecule has 4 saturated carbocycles. The molecule has 1 saturated heterocycles. The Balaban J connectivity index is 1.19. The van der Waals surface area contributed by atoms with Crippen LogP contribution in [0.2, 0.25) is 0 Å². The van der Waals surface area contributed by atoms with Crippen LogP contribution in [0.5, 0.6) is 5.88 Å². The SMILES string of the molecule is COC(=O)C12CC3CC(C1)C(OC(=O)N1CCC(Oc4ncc(F)cc4F)C1)[C@H](C3)C2. The summed E-state index contributed by atoms with van der Waals surface area (Å²) in [5.41, 5.74) is -0.410. The van der Waals surface area contributed by atoms with E-state index in [2.05, 4.69) is 4.98 Å². The molecule has 1 aromatic heterocycles. The largest absolute Gasteiger partial charge is 0.470 e. The van der Waals surface area contributed by atoms with Gasteiger partial charge < -0.3 is 19.1 Å². The van der Waals surface area contributed by atoms with E-state index < -0.39 is 29.2 Å². The van der Waals surface area contributed by atoms with Crippen LogP contribution in [0.4, 0.5) is 13.6 Å². The van der Waals surface area contributed by atoms with E-state index in [1.54, 1.807) is 4.90 Å². The van der Waals surface area contributed by atoms with Crippen LogP contribution >= 0.6 is 0 Å². The quantitative estimate of drug-likeness (QED) is 0.674. The van der Waals surface area contributed by atoms with Gasteiger partial charge in [0.2, 0.25) is 0 Å². The molecule has 168 valence electrons. The summed E-state index contributed by atoms with van der Waals surface area (Å²) in [5.74, 6) is -1.17. The Hall–Kier alpha value is -2.45. The molecular formula is C22H26F2N2O5. The average molecular weight is 436 g/mol. The molecule has 0 aromatic carbocycles. The lowest BCUT2D eigenvalue weighted by Crippen LogP contribution is -2.58. The van der Waals surface area contributed by atoms with Gasteiger partial charge in [-0.2, -0.15) is 0 Å². The standard InChI is InChI=1S/C22H26F2N2O5/c1-29-20(27)22-7-12-4-13(8-22)18(14(5-12)9-22)31-21(28)26-3-2-16(11-26)30-19-17(24)6-15(23)10-25-19/h6,10,12-14,16,18H,2-5,7-9,11H2,1H3/t12?,13-,14?,16?,18?,22?/m1/s1. The highest BCUT2D eigenvalue weighted by atomic mass is 19.1. The van der Waals surface area contributed by atoms with Gasteiger partial charge in [-0.1, -0.05) is 0 Å². The van der Waals surface area contributed by atoms with E-state index in [0.29, 0.717) is 31.7 Å². The zero-order valence-electron chi connectivity index (χ0n) is 17.4. The average Bonchev–Trinajstić information content (AvgIpc) is 3.20. The second-order valence-corrected chi connectivity index (χ2v) is 9.51. The topological polar surface area (TPSA) is 78.0 Å². The number of hydrogen-bond acceptors (Lipinski definition) is 6. The third kappa shape index (κ3) is 3.61. The summed E-state index contributed by atoms with van der Waals surface area (Å²) in [6.07, 6.45) is 4.67. The Labute approximate surface area is 179 Å². The predicted octanol–water partition coefficient (Wildman–Crippen LogP) is 3.32. The molecule has 7 nitrogen and oxygen atoms in total. The summed E-state index contributed by atoms with van der Waals surface area (Å²) in [6, 6.07) is 0.719. The number of halogens is 2. The Morgan fingerprint density at radius 1 is 1.19 bits per heavy atom. The zero-order valence-corrected chi connectivity index (χ0v) is 17.4. The zero-order chi connectivity index (χ0) is 21.8. The van der Waals surface area contributed by atoms with E-state index >= 15 is 0 Å². The van der Waals surface area contributed by atoms with Crippen molar-refractivity contribution in [1.29, 1.82) is 0 Å². The van der Waals surface area contributed by atoms with Gasteiger partial charge in [-0.3, -0.25) is 4.79 Å². The maximum Gasteiger partial charge on any atom is 0.410 e. The van der Waals surface area contributed by atoms with Crippen LogP contribution in [0.3, 0.4) is 0 Å². The van der Waals surface area contributed by atoms with Gasteiger partial charge >= 0.3 is 12.1 Å². The highest BCUT2D eigenvalue weighted by Crippen LogP contribution is 2.61. The van der Waals surface area contributed by atoms with Crippen LogP contribution < -0.4 is 4.74 Å². The Kier molecular flexibility index (Phi) is 5.01. The molecule has 31 heavy (non-hydrogen) atoms. The van der Waals surface area contributed by atoms with E-state index in [1.165, 1.54) is 7.11 Å². The Bertz CT molecular complexity index is 881. The van der Waals surface area contributed by atoms with E-state index in [0.717, 1.165) is 31.5 Å². The van der Waals surface area contributed by atoms with Gasteiger partial charge in [-0.25, -0.2) is 18.6 Å². The van der Waals surface area contributed by atoms with E-state index in [4.69, 9.17) is 14.2 Å². The van der Waals surface area contributed by atoms with E-state index in [9.17, 15) is 18.4 Å². The highest BCUT2D eigenvalue weighted by Gasteiger charge is 2.60. The third-order valence-electron chi connectivity index (χ3n) is 7.50. The number of amides is 1. The first-order valence-electron chi connectivity index (χ1n) is 10.9. The summed E-state index contributed by atoms with van der Waals surface area (Å²) in [4.78, 5) is 30.5. The van der Waals surface area contributed by atoms with Crippen LogP contribution in [0, 0.1) is 34.8 Å². The molecule has 6 rings (SSSR count). The van der Waals surface area contributed by atoms with E-state index in [-0.39, 0.29) is 36.3 Å². The molecule has 5 fully saturated rings. The van der Waals surface area contributed by atoms with Gasteiger partial charge in [0, 0.05) is 19.0 Å². The summed E-state index contributed by atoms with van der Waals surface area (Å²) in [7, 11) is 1.44. The monoisotopic (exact) mass is 436 g/mol. The fraction of sp³-hybridized carbons (Fsp3) is 0.682. The number of pyridine rings is 1. The molecule has 9 heteroatoms. The van der Waals surface area contributed by atoms with Gasteiger partial charge in [0.15, 0.2) is 5.82 Å². The molecule has 1 aromatic rings. The molecule has 0 N–H and O–H groups in total. The first-order valence-corrected chi connectivity index (χ1v) is 10.9. The normalized spacial score (nSPS) is 35.8. The molecule has 2 heterocycles. The molecule has 5 aliphatic rings. The first kappa shape index (κ1) is 20.5. The van der Waals surface area contributed by atoms with Crippen molar-refractivity contribution in [1.82, 2.24) is 9.88 Å². The summed E-state index contributed by atoms with van der Waals surface area (Å²) in [6.45, 7) is 0.692. The van der Waals surface area contributed by atoms with Crippen molar-refractivity contribution >= 4 is 12.1 Å².